The Bertz CT molecular complexity index is 102. The monoisotopic (exact) mass is 186 g/mol. The van der Waals surface area contributed by atoms with E-state index in [1.807, 2.05) is 0 Å². The summed E-state index contributed by atoms with van der Waals surface area (Å²) >= 11 is 0. The second kappa shape index (κ2) is 8.52. The summed E-state index contributed by atoms with van der Waals surface area (Å²) in [5.74, 6) is 0.818. The van der Waals surface area contributed by atoms with Gasteiger partial charge in [0.25, 0.3) is 0 Å². The summed E-state index contributed by atoms with van der Waals surface area (Å²) in [6.45, 7) is 12.3. The molecule has 1 unspecified atom stereocenters. The molecule has 2 N–H and O–H groups in total. The third-order valence-electron chi connectivity index (χ3n) is 2.27. The van der Waals surface area contributed by atoms with Crippen LogP contribution in [0.5, 0.6) is 0 Å². The molecule has 0 fully saturated rings. The van der Waals surface area contributed by atoms with Crippen LogP contribution in [0.2, 0.25) is 0 Å². The first-order valence-electron chi connectivity index (χ1n) is 5.60. The van der Waals surface area contributed by atoms with Crippen molar-refractivity contribution >= 4 is 0 Å². The first-order chi connectivity index (χ1) is 6.16. The van der Waals surface area contributed by atoms with Crippen LogP contribution in [0, 0.1) is 5.92 Å². The first kappa shape index (κ1) is 12.9. The van der Waals surface area contributed by atoms with E-state index in [4.69, 9.17) is 0 Å². The van der Waals surface area contributed by atoms with Gasteiger partial charge in [0.05, 0.1) is 0 Å². The van der Waals surface area contributed by atoms with Crippen LogP contribution in [-0.4, -0.2) is 25.7 Å². The molecule has 0 rings (SSSR count). The lowest BCUT2D eigenvalue weighted by Crippen LogP contribution is -2.28. The molecule has 1 atom stereocenters. The summed E-state index contributed by atoms with van der Waals surface area (Å²) < 4.78 is 0. The van der Waals surface area contributed by atoms with Crippen molar-refractivity contribution < 1.29 is 0 Å². The van der Waals surface area contributed by atoms with Gasteiger partial charge in [-0.05, 0) is 32.0 Å². The number of hydrogen-bond acceptors (Lipinski definition) is 2. The SMILES string of the molecule is CCC(C)CNCCCNC(C)C. The molecule has 0 aliphatic carbocycles. The summed E-state index contributed by atoms with van der Waals surface area (Å²) in [7, 11) is 0. The van der Waals surface area contributed by atoms with E-state index in [2.05, 4.69) is 38.3 Å². The van der Waals surface area contributed by atoms with Gasteiger partial charge in [0.1, 0.15) is 0 Å². The summed E-state index contributed by atoms with van der Waals surface area (Å²) in [4.78, 5) is 0. The second-order valence-corrected chi connectivity index (χ2v) is 4.18. The van der Waals surface area contributed by atoms with Crippen LogP contribution in [-0.2, 0) is 0 Å². The summed E-state index contributed by atoms with van der Waals surface area (Å²) in [6, 6.07) is 0.620. The topological polar surface area (TPSA) is 24.1 Å². The van der Waals surface area contributed by atoms with Gasteiger partial charge in [-0.1, -0.05) is 34.1 Å². The van der Waals surface area contributed by atoms with Crippen molar-refractivity contribution in [1.29, 1.82) is 0 Å². The fourth-order valence-electron chi connectivity index (χ4n) is 1.10. The van der Waals surface area contributed by atoms with E-state index < -0.39 is 0 Å². The van der Waals surface area contributed by atoms with Gasteiger partial charge in [-0.2, -0.15) is 0 Å². The van der Waals surface area contributed by atoms with Crippen LogP contribution in [0.15, 0.2) is 0 Å². The third kappa shape index (κ3) is 9.84. The van der Waals surface area contributed by atoms with E-state index in [0.717, 1.165) is 25.6 Å². The van der Waals surface area contributed by atoms with Gasteiger partial charge in [-0.25, -0.2) is 0 Å². The predicted molar refractivity (Wildman–Crippen MR) is 60.1 cm³/mol. The molecular weight excluding hydrogens is 160 g/mol. The fourth-order valence-corrected chi connectivity index (χ4v) is 1.10. The highest BCUT2D eigenvalue weighted by Crippen LogP contribution is 1.96. The summed E-state index contributed by atoms with van der Waals surface area (Å²) in [5, 5.41) is 6.88. The van der Waals surface area contributed by atoms with E-state index in [1.165, 1.54) is 12.8 Å². The molecule has 0 aliphatic heterocycles. The van der Waals surface area contributed by atoms with E-state index in [0.29, 0.717) is 6.04 Å². The lowest BCUT2D eigenvalue weighted by molar-refractivity contribution is 0.483. The highest BCUT2D eigenvalue weighted by atomic mass is 14.9. The molecule has 0 saturated carbocycles. The minimum Gasteiger partial charge on any atom is -0.316 e. The van der Waals surface area contributed by atoms with Crippen molar-refractivity contribution in [3.05, 3.63) is 0 Å². The standard InChI is InChI=1S/C11H26N2/c1-5-11(4)9-12-7-6-8-13-10(2)3/h10-13H,5-9H2,1-4H3. The molecule has 0 bridgehead atoms. The summed E-state index contributed by atoms with van der Waals surface area (Å²) in [6.07, 6.45) is 2.51. The van der Waals surface area contributed by atoms with Crippen molar-refractivity contribution in [2.24, 2.45) is 5.92 Å². The van der Waals surface area contributed by atoms with Crippen LogP contribution in [0.25, 0.3) is 0 Å². The largest absolute Gasteiger partial charge is 0.316 e. The smallest absolute Gasteiger partial charge is 0.00103 e. The molecule has 0 saturated heterocycles. The zero-order chi connectivity index (χ0) is 10.1. The van der Waals surface area contributed by atoms with Crippen LogP contribution in [0.1, 0.15) is 40.5 Å². The van der Waals surface area contributed by atoms with Crippen LogP contribution in [0.4, 0.5) is 0 Å². The van der Waals surface area contributed by atoms with Crippen LogP contribution < -0.4 is 10.6 Å². The number of hydrogen-bond donors (Lipinski definition) is 2. The first-order valence-corrected chi connectivity index (χ1v) is 5.60. The second-order valence-electron chi connectivity index (χ2n) is 4.18. The van der Waals surface area contributed by atoms with Crippen LogP contribution >= 0.6 is 0 Å². The molecular formula is C11H26N2. The normalized spacial score (nSPS) is 13.6. The Morgan fingerprint density at radius 2 is 1.77 bits per heavy atom. The Labute approximate surface area is 83.5 Å². The minimum atomic E-state index is 0.620. The maximum Gasteiger partial charge on any atom is 0.00103 e. The summed E-state index contributed by atoms with van der Waals surface area (Å²) in [5.41, 5.74) is 0. The minimum absolute atomic E-state index is 0.620. The van der Waals surface area contributed by atoms with Crippen molar-refractivity contribution in [2.45, 2.75) is 46.6 Å². The van der Waals surface area contributed by atoms with E-state index in [1.54, 1.807) is 0 Å². The lowest BCUT2D eigenvalue weighted by atomic mass is 10.1. The van der Waals surface area contributed by atoms with Crippen molar-refractivity contribution in [3.63, 3.8) is 0 Å². The van der Waals surface area contributed by atoms with Gasteiger partial charge in [0.2, 0.25) is 0 Å². The maximum absolute atomic E-state index is 3.47. The average Bonchev–Trinajstić information content (AvgIpc) is 2.10. The quantitative estimate of drug-likeness (QED) is 0.567. The molecule has 0 aromatic rings. The number of rotatable bonds is 8. The highest BCUT2D eigenvalue weighted by Gasteiger charge is 1.96. The number of nitrogens with one attached hydrogen (secondary N) is 2. The Morgan fingerprint density at radius 3 is 2.31 bits per heavy atom. The highest BCUT2D eigenvalue weighted by molar-refractivity contribution is 4.57. The Hall–Kier alpha value is -0.0800. The zero-order valence-electron chi connectivity index (χ0n) is 9.69. The molecule has 0 amide bonds. The lowest BCUT2D eigenvalue weighted by Gasteiger charge is -2.11. The molecule has 2 heteroatoms. The Kier molecular flexibility index (Phi) is 8.46. The maximum atomic E-state index is 3.47. The van der Waals surface area contributed by atoms with Crippen molar-refractivity contribution in [3.8, 4) is 0 Å². The van der Waals surface area contributed by atoms with E-state index >= 15 is 0 Å². The molecule has 0 heterocycles. The van der Waals surface area contributed by atoms with Crippen LogP contribution in [0.3, 0.4) is 0 Å². The van der Waals surface area contributed by atoms with Gasteiger partial charge in [0, 0.05) is 6.04 Å². The van der Waals surface area contributed by atoms with Crippen molar-refractivity contribution in [2.75, 3.05) is 19.6 Å². The zero-order valence-corrected chi connectivity index (χ0v) is 9.69. The van der Waals surface area contributed by atoms with Gasteiger partial charge < -0.3 is 10.6 Å². The molecule has 0 aromatic carbocycles. The van der Waals surface area contributed by atoms with E-state index in [-0.39, 0.29) is 0 Å². The van der Waals surface area contributed by atoms with Gasteiger partial charge in [0.15, 0.2) is 0 Å². The molecule has 0 aliphatic rings. The Morgan fingerprint density at radius 1 is 1.08 bits per heavy atom. The molecule has 80 valence electrons. The van der Waals surface area contributed by atoms with E-state index in [9.17, 15) is 0 Å². The molecule has 0 aromatic heterocycles. The molecule has 0 spiro atoms. The molecule has 2 nitrogen and oxygen atoms in total. The predicted octanol–water partition coefficient (Wildman–Crippen LogP) is 2.01. The molecule has 0 radical (unpaired) electrons. The Balaban J connectivity index is 2.99. The molecule has 13 heavy (non-hydrogen) atoms. The van der Waals surface area contributed by atoms with Gasteiger partial charge in [-0.15, -0.1) is 0 Å². The third-order valence-corrected chi connectivity index (χ3v) is 2.27. The average molecular weight is 186 g/mol. The van der Waals surface area contributed by atoms with Gasteiger partial charge >= 0.3 is 0 Å². The van der Waals surface area contributed by atoms with Crippen molar-refractivity contribution in [1.82, 2.24) is 10.6 Å². The van der Waals surface area contributed by atoms with Gasteiger partial charge in [-0.3, -0.25) is 0 Å². The fraction of sp³-hybridized carbons (Fsp3) is 1.00.